The Bertz CT molecular complexity index is 533. The lowest BCUT2D eigenvalue weighted by atomic mass is 10.3. The summed E-state index contributed by atoms with van der Waals surface area (Å²) in [5.41, 5.74) is 6.13. The molecule has 0 atom stereocenters. The van der Waals surface area contributed by atoms with Crippen LogP contribution in [0.15, 0.2) is 26.0 Å². The molecule has 0 aliphatic carbocycles. The van der Waals surface area contributed by atoms with Crippen molar-refractivity contribution in [2.75, 3.05) is 18.9 Å². The van der Waals surface area contributed by atoms with Gasteiger partial charge in [0.1, 0.15) is 4.90 Å². The molecule has 0 amide bonds. The molecule has 1 saturated heterocycles. The zero-order chi connectivity index (χ0) is 13.3. The topological polar surface area (TPSA) is 72.6 Å². The number of hydroxylamine groups is 1. The highest BCUT2D eigenvalue weighted by molar-refractivity contribution is 9.11. The summed E-state index contributed by atoms with van der Waals surface area (Å²) in [5.74, 6) is 0. The van der Waals surface area contributed by atoms with E-state index in [1.54, 1.807) is 12.1 Å². The molecular weight excluding hydrogens is 388 g/mol. The van der Waals surface area contributed by atoms with Gasteiger partial charge in [-0.2, -0.15) is 0 Å². The number of hydrogen-bond donors (Lipinski definition) is 1. The first kappa shape index (κ1) is 14.3. The van der Waals surface area contributed by atoms with Gasteiger partial charge in [0.05, 0.1) is 6.61 Å². The summed E-state index contributed by atoms with van der Waals surface area (Å²) in [6, 6.07) is 3.11. The standard InChI is InChI=1S/C10H12Br2N2O3S/c11-8-5-7(13)6-9(12)10(8)18(15,16)14-3-1-2-4-17-14/h5-6H,1-4,13H2. The largest absolute Gasteiger partial charge is 0.399 e. The molecule has 0 saturated carbocycles. The number of halogens is 2. The molecule has 1 fully saturated rings. The average molecular weight is 400 g/mol. The molecule has 1 aliphatic heterocycles. The molecule has 100 valence electrons. The zero-order valence-electron chi connectivity index (χ0n) is 9.40. The Balaban J connectivity index is 2.47. The molecule has 2 rings (SSSR count). The van der Waals surface area contributed by atoms with Crippen LogP contribution in [0.4, 0.5) is 5.69 Å². The van der Waals surface area contributed by atoms with Crippen molar-refractivity contribution in [2.45, 2.75) is 17.7 Å². The van der Waals surface area contributed by atoms with Crippen molar-refractivity contribution >= 4 is 47.6 Å². The number of nitrogens with two attached hydrogens (primary N) is 1. The summed E-state index contributed by atoms with van der Waals surface area (Å²) < 4.78 is 26.8. The van der Waals surface area contributed by atoms with Crippen LogP contribution in [0, 0.1) is 0 Å². The molecule has 1 aliphatic rings. The maximum atomic E-state index is 12.4. The van der Waals surface area contributed by atoms with E-state index in [-0.39, 0.29) is 4.90 Å². The molecular formula is C10H12Br2N2O3S. The van der Waals surface area contributed by atoms with Crippen LogP contribution in [0.5, 0.6) is 0 Å². The maximum absolute atomic E-state index is 12.4. The van der Waals surface area contributed by atoms with Crippen molar-refractivity contribution in [3.8, 4) is 0 Å². The van der Waals surface area contributed by atoms with Crippen LogP contribution in [0.2, 0.25) is 0 Å². The average Bonchev–Trinajstić information content (AvgIpc) is 2.28. The molecule has 0 spiro atoms. The van der Waals surface area contributed by atoms with Gasteiger partial charge in [0.15, 0.2) is 0 Å². The molecule has 1 aromatic carbocycles. The molecule has 0 unspecified atom stereocenters. The Labute approximate surface area is 123 Å². The number of nitrogen functional groups attached to an aromatic ring is 1. The van der Waals surface area contributed by atoms with Gasteiger partial charge in [0, 0.05) is 21.2 Å². The summed E-state index contributed by atoms with van der Waals surface area (Å²) in [7, 11) is -3.68. The fourth-order valence-electron chi connectivity index (χ4n) is 1.69. The van der Waals surface area contributed by atoms with E-state index in [4.69, 9.17) is 10.6 Å². The fourth-order valence-corrected chi connectivity index (χ4v) is 5.54. The summed E-state index contributed by atoms with van der Waals surface area (Å²) in [4.78, 5) is 5.35. The number of benzene rings is 1. The van der Waals surface area contributed by atoms with Crippen LogP contribution >= 0.6 is 31.9 Å². The Morgan fingerprint density at radius 1 is 1.22 bits per heavy atom. The van der Waals surface area contributed by atoms with Crippen LogP contribution in [-0.2, 0) is 14.9 Å². The number of rotatable bonds is 2. The van der Waals surface area contributed by atoms with Crippen molar-refractivity contribution in [1.29, 1.82) is 0 Å². The van der Waals surface area contributed by atoms with E-state index >= 15 is 0 Å². The molecule has 18 heavy (non-hydrogen) atoms. The normalized spacial score (nSPS) is 17.9. The lowest BCUT2D eigenvalue weighted by Gasteiger charge is -2.26. The van der Waals surface area contributed by atoms with Gasteiger partial charge in [-0.25, -0.2) is 8.42 Å². The van der Waals surface area contributed by atoms with E-state index in [2.05, 4.69) is 31.9 Å². The van der Waals surface area contributed by atoms with Crippen molar-refractivity contribution in [3.63, 3.8) is 0 Å². The monoisotopic (exact) mass is 398 g/mol. The highest BCUT2D eigenvalue weighted by Crippen LogP contribution is 2.35. The highest BCUT2D eigenvalue weighted by Gasteiger charge is 2.31. The van der Waals surface area contributed by atoms with Gasteiger partial charge in [-0.3, -0.25) is 4.84 Å². The minimum Gasteiger partial charge on any atom is -0.399 e. The highest BCUT2D eigenvalue weighted by atomic mass is 79.9. The summed E-state index contributed by atoms with van der Waals surface area (Å²) in [6.45, 7) is 0.787. The van der Waals surface area contributed by atoms with Gasteiger partial charge < -0.3 is 5.73 Å². The molecule has 8 heteroatoms. The van der Waals surface area contributed by atoms with Gasteiger partial charge in [-0.1, -0.05) is 4.47 Å². The number of hydrogen-bond acceptors (Lipinski definition) is 4. The summed E-state index contributed by atoms with van der Waals surface area (Å²) in [6.07, 6.45) is 1.67. The molecule has 0 radical (unpaired) electrons. The molecule has 1 aromatic rings. The second kappa shape index (κ2) is 5.46. The van der Waals surface area contributed by atoms with E-state index in [0.29, 0.717) is 27.8 Å². The smallest absolute Gasteiger partial charge is 0.267 e. The third-order valence-electron chi connectivity index (χ3n) is 2.52. The van der Waals surface area contributed by atoms with Crippen molar-refractivity contribution in [2.24, 2.45) is 0 Å². The van der Waals surface area contributed by atoms with E-state index < -0.39 is 10.0 Å². The third kappa shape index (κ3) is 2.72. The number of sulfonamides is 1. The Hall–Kier alpha value is -0.150. The van der Waals surface area contributed by atoms with E-state index in [0.717, 1.165) is 17.3 Å². The van der Waals surface area contributed by atoms with E-state index in [1.165, 1.54) is 0 Å². The SMILES string of the molecule is Nc1cc(Br)c(S(=O)(=O)N2CCCCO2)c(Br)c1. The van der Waals surface area contributed by atoms with E-state index in [1.807, 2.05) is 0 Å². The minimum atomic E-state index is -3.68. The van der Waals surface area contributed by atoms with Gasteiger partial charge in [0.25, 0.3) is 10.0 Å². The van der Waals surface area contributed by atoms with Crippen LogP contribution in [-0.4, -0.2) is 26.0 Å². The molecule has 5 nitrogen and oxygen atoms in total. The third-order valence-corrected chi connectivity index (χ3v) is 6.07. The van der Waals surface area contributed by atoms with Crippen molar-refractivity contribution in [3.05, 3.63) is 21.1 Å². The van der Waals surface area contributed by atoms with Crippen LogP contribution in [0.1, 0.15) is 12.8 Å². The van der Waals surface area contributed by atoms with Crippen molar-refractivity contribution in [1.82, 2.24) is 4.47 Å². The zero-order valence-corrected chi connectivity index (χ0v) is 13.4. The maximum Gasteiger partial charge on any atom is 0.267 e. The molecule has 0 bridgehead atoms. The first-order chi connectivity index (χ1) is 8.43. The minimum absolute atomic E-state index is 0.138. The van der Waals surface area contributed by atoms with Crippen LogP contribution < -0.4 is 5.73 Å². The summed E-state index contributed by atoms with van der Waals surface area (Å²) in [5, 5.41) is 0. The second-order valence-electron chi connectivity index (χ2n) is 3.89. The second-order valence-corrected chi connectivity index (χ2v) is 7.36. The Morgan fingerprint density at radius 2 is 1.83 bits per heavy atom. The fraction of sp³-hybridized carbons (Fsp3) is 0.400. The Morgan fingerprint density at radius 3 is 2.33 bits per heavy atom. The number of anilines is 1. The van der Waals surface area contributed by atoms with Crippen LogP contribution in [0.3, 0.4) is 0 Å². The molecule has 0 aromatic heterocycles. The summed E-state index contributed by atoms with van der Waals surface area (Å²) >= 11 is 6.46. The molecule has 1 heterocycles. The predicted molar refractivity (Wildman–Crippen MR) is 75.3 cm³/mol. The van der Waals surface area contributed by atoms with Gasteiger partial charge in [-0.15, -0.1) is 0 Å². The van der Waals surface area contributed by atoms with E-state index in [9.17, 15) is 8.42 Å². The van der Waals surface area contributed by atoms with Gasteiger partial charge in [-0.05, 0) is 56.8 Å². The first-order valence-electron chi connectivity index (χ1n) is 5.33. The lowest BCUT2D eigenvalue weighted by Crippen LogP contribution is -2.36. The molecule has 2 N–H and O–H groups in total. The predicted octanol–water partition coefficient (Wildman–Crippen LogP) is 2.51. The Kier molecular flexibility index (Phi) is 4.32. The van der Waals surface area contributed by atoms with Crippen LogP contribution in [0.25, 0.3) is 0 Å². The van der Waals surface area contributed by atoms with Gasteiger partial charge >= 0.3 is 0 Å². The first-order valence-corrected chi connectivity index (χ1v) is 8.35. The lowest BCUT2D eigenvalue weighted by molar-refractivity contribution is -0.108. The number of nitrogens with zero attached hydrogens (tertiary/aromatic N) is 1. The van der Waals surface area contributed by atoms with Crippen molar-refractivity contribution < 1.29 is 13.3 Å². The van der Waals surface area contributed by atoms with Gasteiger partial charge in [0.2, 0.25) is 0 Å². The quantitative estimate of drug-likeness (QED) is 0.775.